The number of ether oxygens (including phenoxy) is 3. The zero-order valence-electron chi connectivity index (χ0n) is 15.5. The summed E-state index contributed by atoms with van der Waals surface area (Å²) < 4.78 is 51.2. The summed E-state index contributed by atoms with van der Waals surface area (Å²) in [5.41, 5.74) is 1.62. The van der Waals surface area contributed by atoms with Crippen LogP contribution in [0.1, 0.15) is 17.3 Å². The third kappa shape index (κ3) is 4.87. The fourth-order valence-electron chi connectivity index (χ4n) is 2.68. The first kappa shape index (κ1) is 20.2. The smallest absolute Gasteiger partial charge is 0.497 e. The van der Waals surface area contributed by atoms with E-state index in [2.05, 4.69) is 15.0 Å². The fourth-order valence-corrected chi connectivity index (χ4v) is 2.68. The number of anilines is 2. The SMILES string of the molecule is CCOC(=O)c1cnc2ccc(OC)cc2c1Nc1ccc(OC(F)(F)F)cc1. The Bertz CT molecular complexity index is 1020. The van der Waals surface area contributed by atoms with E-state index in [0.29, 0.717) is 28.0 Å². The summed E-state index contributed by atoms with van der Waals surface area (Å²) in [6.45, 7) is 1.86. The van der Waals surface area contributed by atoms with Crippen LogP contribution in [-0.2, 0) is 4.74 Å². The molecule has 0 aliphatic carbocycles. The minimum atomic E-state index is -4.77. The maximum Gasteiger partial charge on any atom is 0.573 e. The quantitative estimate of drug-likeness (QED) is 0.577. The fraction of sp³-hybridized carbons (Fsp3) is 0.200. The van der Waals surface area contributed by atoms with E-state index in [9.17, 15) is 18.0 Å². The number of halogens is 3. The molecule has 0 unspecified atom stereocenters. The number of nitrogens with zero attached hydrogens (tertiary/aromatic N) is 1. The monoisotopic (exact) mass is 406 g/mol. The number of esters is 1. The van der Waals surface area contributed by atoms with Crippen molar-refractivity contribution < 1.29 is 32.2 Å². The number of methoxy groups -OCH3 is 1. The minimum Gasteiger partial charge on any atom is -0.497 e. The molecule has 0 saturated heterocycles. The molecule has 0 aliphatic heterocycles. The number of hydrogen-bond donors (Lipinski definition) is 1. The first-order valence-electron chi connectivity index (χ1n) is 8.57. The van der Waals surface area contributed by atoms with Crippen LogP contribution < -0.4 is 14.8 Å². The first-order valence-corrected chi connectivity index (χ1v) is 8.57. The lowest BCUT2D eigenvalue weighted by atomic mass is 10.1. The van der Waals surface area contributed by atoms with Gasteiger partial charge in [0.25, 0.3) is 0 Å². The molecule has 0 radical (unpaired) electrons. The van der Waals surface area contributed by atoms with Crippen molar-refractivity contribution in [2.24, 2.45) is 0 Å². The number of nitrogens with one attached hydrogen (secondary N) is 1. The van der Waals surface area contributed by atoms with Crippen molar-refractivity contribution in [3.05, 3.63) is 54.2 Å². The Balaban J connectivity index is 2.03. The third-order valence-corrected chi connectivity index (χ3v) is 3.93. The standard InChI is InChI=1S/C20H17F3N2O4/c1-3-28-19(26)16-11-24-17-9-8-14(27-2)10-15(17)18(16)25-12-4-6-13(7-5-12)29-20(21,22)23/h4-11H,3H2,1-2H3,(H,24,25). The average Bonchev–Trinajstić information content (AvgIpc) is 2.68. The van der Waals surface area contributed by atoms with Crippen LogP contribution in [0.2, 0.25) is 0 Å². The van der Waals surface area contributed by atoms with Crippen LogP contribution in [0.3, 0.4) is 0 Å². The molecule has 9 heteroatoms. The van der Waals surface area contributed by atoms with Crippen molar-refractivity contribution in [1.29, 1.82) is 0 Å². The summed E-state index contributed by atoms with van der Waals surface area (Å²) in [6, 6.07) is 10.3. The van der Waals surface area contributed by atoms with E-state index in [1.807, 2.05) is 0 Å². The van der Waals surface area contributed by atoms with E-state index in [4.69, 9.17) is 9.47 Å². The second-order valence-electron chi connectivity index (χ2n) is 5.85. The van der Waals surface area contributed by atoms with Crippen LogP contribution in [0.25, 0.3) is 10.9 Å². The highest BCUT2D eigenvalue weighted by molar-refractivity contribution is 6.06. The molecule has 0 atom stereocenters. The van der Waals surface area contributed by atoms with Crippen LogP contribution in [0.15, 0.2) is 48.7 Å². The molecule has 3 rings (SSSR count). The summed E-state index contributed by atoms with van der Waals surface area (Å²) in [5, 5.41) is 3.65. The first-order chi connectivity index (χ1) is 13.8. The van der Waals surface area contributed by atoms with E-state index in [-0.39, 0.29) is 17.9 Å². The van der Waals surface area contributed by atoms with Crippen molar-refractivity contribution in [2.45, 2.75) is 13.3 Å². The van der Waals surface area contributed by atoms with Crippen LogP contribution in [0.4, 0.5) is 24.5 Å². The predicted molar refractivity (Wildman–Crippen MR) is 101 cm³/mol. The van der Waals surface area contributed by atoms with E-state index >= 15 is 0 Å². The van der Waals surface area contributed by atoms with Gasteiger partial charge >= 0.3 is 12.3 Å². The lowest BCUT2D eigenvalue weighted by Crippen LogP contribution is -2.17. The van der Waals surface area contributed by atoms with Crippen LogP contribution in [0.5, 0.6) is 11.5 Å². The van der Waals surface area contributed by atoms with Gasteiger partial charge in [0.15, 0.2) is 0 Å². The maximum absolute atomic E-state index is 12.4. The summed E-state index contributed by atoms with van der Waals surface area (Å²) in [5.74, 6) is -0.378. The summed E-state index contributed by atoms with van der Waals surface area (Å²) in [7, 11) is 1.51. The summed E-state index contributed by atoms with van der Waals surface area (Å²) >= 11 is 0. The van der Waals surface area contributed by atoms with Crippen molar-refractivity contribution in [3.8, 4) is 11.5 Å². The highest BCUT2D eigenvalue weighted by Crippen LogP contribution is 2.33. The topological polar surface area (TPSA) is 69.7 Å². The van der Waals surface area contributed by atoms with Gasteiger partial charge in [-0.15, -0.1) is 13.2 Å². The Kier molecular flexibility index (Phi) is 5.76. The Morgan fingerprint density at radius 1 is 1.10 bits per heavy atom. The third-order valence-electron chi connectivity index (χ3n) is 3.93. The Morgan fingerprint density at radius 3 is 2.41 bits per heavy atom. The van der Waals surface area contributed by atoms with Gasteiger partial charge in [0, 0.05) is 17.3 Å². The number of fused-ring (bicyclic) bond motifs is 1. The van der Waals surface area contributed by atoms with Gasteiger partial charge in [-0.25, -0.2) is 4.79 Å². The molecule has 152 valence electrons. The van der Waals surface area contributed by atoms with Gasteiger partial charge in [-0.05, 0) is 49.4 Å². The van der Waals surface area contributed by atoms with E-state index in [0.717, 1.165) is 0 Å². The van der Waals surface area contributed by atoms with Gasteiger partial charge in [-0.3, -0.25) is 4.98 Å². The molecule has 6 nitrogen and oxygen atoms in total. The molecule has 1 aromatic heterocycles. The average molecular weight is 406 g/mol. The van der Waals surface area contributed by atoms with Crippen molar-refractivity contribution >= 4 is 28.2 Å². The molecule has 1 N–H and O–H groups in total. The molecule has 0 saturated carbocycles. The molecule has 0 bridgehead atoms. The van der Waals surface area contributed by atoms with Crippen LogP contribution >= 0.6 is 0 Å². The van der Waals surface area contributed by atoms with Gasteiger partial charge in [-0.2, -0.15) is 0 Å². The van der Waals surface area contributed by atoms with Crippen molar-refractivity contribution in [1.82, 2.24) is 4.98 Å². The number of rotatable bonds is 6. The van der Waals surface area contributed by atoms with Crippen molar-refractivity contribution in [3.63, 3.8) is 0 Å². The van der Waals surface area contributed by atoms with Crippen LogP contribution in [-0.4, -0.2) is 31.0 Å². The van der Waals surface area contributed by atoms with Crippen LogP contribution in [0, 0.1) is 0 Å². The minimum absolute atomic E-state index is 0.178. The molecule has 1 heterocycles. The number of benzene rings is 2. The highest BCUT2D eigenvalue weighted by atomic mass is 19.4. The summed E-state index contributed by atoms with van der Waals surface area (Å²) in [4.78, 5) is 16.7. The zero-order valence-corrected chi connectivity index (χ0v) is 15.5. The number of hydrogen-bond acceptors (Lipinski definition) is 6. The van der Waals surface area contributed by atoms with E-state index in [1.54, 1.807) is 25.1 Å². The van der Waals surface area contributed by atoms with Gasteiger partial charge in [0.05, 0.1) is 24.9 Å². The number of carbonyl (C=O) groups is 1. The van der Waals surface area contributed by atoms with Crippen molar-refractivity contribution in [2.75, 3.05) is 19.0 Å². The van der Waals surface area contributed by atoms with E-state index < -0.39 is 12.3 Å². The number of carbonyl (C=O) groups excluding carboxylic acids is 1. The Morgan fingerprint density at radius 2 is 1.79 bits per heavy atom. The Hall–Kier alpha value is -3.49. The lowest BCUT2D eigenvalue weighted by Gasteiger charge is -2.15. The van der Waals surface area contributed by atoms with Gasteiger partial charge in [0.1, 0.15) is 17.1 Å². The largest absolute Gasteiger partial charge is 0.573 e. The van der Waals surface area contributed by atoms with E-state index in [1.165, 1.54) is 37.6 Å². The highest BCUT2D eigenvalue weighted by Gasteiger charge is 2.31. The maximum atomic E-state index is 12.4. The van der Waals surface area contributed by atoms with Gasteiger partial charge in [0.2, 0.25) is 0 Å². The zero-order chi connectivity index (χ0) is 21.0. The molecule has 2 aromatic carbocycles. The molecular formula is C20H17F3N2O4. The summed E-state index contributed by atoms with van der Waals surface area (Å²) in [6.07, 6.45) is -3.39. The molecule has 3 aromatic rings. The van der Waals surface area contributed by atoms with Gasteiger partial charge < -0.3 is 19.5 Å². The second kappa shape index (κ2) is 8.26. The number of aromatic nitrogens is 1. The number of pyridine rings is 1. The lowest BCUT2D eigenvalue weighted by molar-refractivity contribution is -0.274. The molecule has 0 aliphatic rings. The second-order valence-corrected chi connectivity index (χ2v) is 5.85. The predicted octanol–water partition coefficient (Wildman–Crippen LogP) is 5.06. The Labute approximate surface area is 164 Å². The molecule has 0 fully saturated rings. The normalized spacial score (nSPS) is 11.2. The molecular weight excluding hydrogens is 389 g/mol. The van der Waals surface area contributed by atoms with Gasteiger partial charge in [-0.1, -0.05) is 0 Å². The molecule has 29 heavy (non-hydrogen) atoms. The number of alkyl halides is 3. The molecule has 0 spiro atoms. The molecule has 0 amide bonds.